The first kappa shape index (κ1) is 8.50. The summed E-state index contributed by atoms with van der Waals surface area (Å²) in [7, 11) is 0. The van der Waals surface area contributed by atoms with E-state index in [2.05, 4.69) is 10.2 Å². The normalized spacial score (nSPS) is 9.71. The molecule has 1 heterocycles. The number of hydrogen-bond acceptors (Lipinski definition) is 3. The van der Waals surface area contributed by atoms with E-state index >= 15 is 0 Å². The Hall–Kier alpha value is -2.10. The van der Waals surface area contributed by atoms with Crippen LogP contribution in [-0.2, 0) is 0 Å². The van der Waals surface area contributed by atoms with Gasteiger partial charge in [0.15, 0.2) is 5.75 Å². The van der Waals surface area contributed by atoms with E-state index in [9.17, 15) is 4.79 Å². The molecule has 1 N–H and O–H groups in total. The van der Waals surface area contributed by atoms with Crippen molar-refractivity contribution in [2.75, 3.05) is 0 Å². The summed E-state index contributed by atoms with van der Waals surface area (Å²) in [5, 5.41) is 5.86. The van der Waals surface area contributed by atoms with Crippen molar-refractivity contribution in [1.82, 2.24) is 10.2 Å². The molecule has 0 fully saturated rings. The zero-order valence-corrected chi connectivity index (χ0v) is 7.31. The van der Waals surface area contributed by atoms with Gasteiger partial charge in [-0.1, -0.05) is 18.2 Å². The van der Waals surface area contributed by atoms with E-state index in [0.29, 0.717) is 5.75 Å². The van der Waals surface area contributed by atoms with Crippen molar-refractivity contribution in [3.05, 3.63) is 52.9 Å². The van der Waals surface area contributed by atoms with Crippen LogP contribution in [0.3, 0.4) is 0 Å². The predicted octanol–water partition coefficient (Wildman–Crippen LogP) is 1.56. The van der Waals surface area contributed by atoms with E-state index in [1.54, 1.807) is 12.1 Å². The fourth-order valence-corrected chi connectivity index (χ4v) is 1.03. The van der Waals surface area contributed by atoms with Gasteiger partial charge in [-0.3, -0.25) is 4.79 Å². The second-order valence-corrected chi connectivity index (χ2v) is 2.67. The lowest BCUT2D eigenvalue weighted by molar-refractivity contribution is 0.472. The third kappa shape index (κ3) is 1.80. The second kappa shape index (κ2) is 3.74. The molecule has 1 aromatic carbocycles. The Morgan fingerprint density at radius 2 is 1.93 bits per heavy atom. The number of ether oxygens (including phenoxy) is 1. The molecule has 2 rings (SSSR count). The number of H-pyrrole nitrogens is 1. The van der Waals surface area contributed by atoms with Crippen molar-refractivity contribution in [1.29, 1.82) is 0 Å². The molecular formula is C10H8N2O2. The Morgan fingerprint density at radius 1 is 1.14 bits per heavy atom. The molecule has 0 aliphatic rings. The zero-order valence-electron chi connectivity index (χ0n) is 7.31. The molecule has 0 aliphatic heterocycles. The van der Waals surface area contributed by atoms with E-state index in [1.165, 1.54) is 12.3 Å². The Balaban J connectivity index is 2.28. The maximum atomic E-state index is 11.2. The average Bonchev–Trinajstić information content (AvgIpc) is 2.23. The summed E-state index contributed by atoms with van der Waals surface area (Å²) < 4.78 is 5.33. The molecular weight excluding hydrogens is 180 g/mol. The van der Waals surface area contributed by atoms with Crippen molar-refractivity contribution in [2.45, 2.75) is 0 Å². The molecule has 1 aromatic heterocycles. The van der Waals surface area contributed by atoms with E-state index in [1.807, 2.05) is 18.2 Å². The maximum absolute atomic E-state index is 11.2. The first-order chi connectivity index (χ1) is 6.86. The molecule has 0 aliphatic carbocycles. The van der Waals surface area contributed by atoms with Crippen molar-refractivity contribution >= 4 is 0 Å². The molecule has 0 radical (unpaired) electrons. The van der Waals surface area contributed by atoms with Crippen LogP contribution in [0.25, 0.3) is 0 Å². The van der Waals surface area contributed by atoms with E-state index in [0.717, 1.165) is 0 Å². The summed E-state index contributed by atoms with van der Waals surface area (Å²) in [4.78, 5) is 11.2. The summed E-state index contributed by atoms with van der Waals surface area (Å²) in [6, 6.07) is 10.6. The summed E-state index contributed by atoms with van der Waals surface area (Å²) in [6.45, 7) is 0. The Kier molecular flexibility index (Phi) is 2.27. The van der Waals surface area contributed by atoms with Crippen molar-refractivity contribution in [3.63, 3.8) is 0 Å². The number of nitrogens with one attached hydrogen (secondary N) is 1. The molecule has 4 nitrogen and oxygen atoms in total. The highest BCUT2D eigenvalue weighted by Crippen LogP contribution is 2.15. The van der Waals surface area contributed by atoms with Crippen molar-refractivity contribution in [3.8, 4) is 11.5 Å². The van der Waals surface area contributed by atoms with E-state index < -0.39 is 0 Å². The maximum Gasteiger partial charge on any atom is 0.307 e. The number of hydrogen-bond donors (Lipinski definition) is 1. The highest BCUT2D eigenvalue weighted by atomic mass is 16.5. The molecule has 0 unspecified atom stereocenters. The quantitative estimate of drug-likeness (QED) is 0.778. The minimum absolute atomic E-state index is 0.242. The lowest BCUT2D eigenvalue weighted by Gasteiger charge is -2.02. The van der Waals surface area contributed by atoms with Gasteiger partial charge >= 0.3 is 5.56 Å². The minimum Gasteiger partial charge on any atom is -0.451 e. The third-order valence-electron chi connectivity index (χ3n) is 1.66. The minimum atomic E-state index is -0.337. The highest BCUT2D eigenvalue weighted by molar-refractivity contribution is 5.27. The van der Waals surface area contributed by atoms with Gasteiger partial charge in [-0.05, 0) is 12.1 Å². The lowest BCUT2D eigenvalue weighted by Crippen LogP contribution is -2.09. The van der Waals surface area contributed by atoms with Crippen LogP contribution in [-0.4, -0.2) is 10.2 Å². The van der Waals surface area contributed by atoms with Gasteiger partial charge in [0, 0.05) is 6.07 Å². The van der Waals surface area contributed by atoms with Crippen LogP contribution in [0, 0.1) is 0 Å². The lowest BCUT2D eigenvalue weighted by atomic mass is 10.3. The van der Waals surface area contributed by atoms with Crippen molar-refractivity contribution in [2.24, 2.45) is 0 Å². The standard InChI is InChI=1S/C10H8N2O2/c13-10-9(6-7-11-12-10)14-8-4-2-1-3-5-8/h1-7H,(H,12,13). The summed E-state index contributed by atoms with van der Waals surface area (Å²) in [6.07, 6.45) is 1.47. The number of rotatable bonds is 2. The van der Waals surface area contributed by atoms with Gasteiger partial charge < -0.3 is 4.74 Å². The van der Waals surface area contributed by atoms with Crippen LogP contribution >= 0.6 is 0 Å². The number of nitrogens with zero attached hydrogens (tertiary/aromatic N) is 1. The molecule has 70 valence electrons. The van der Waals surface area contributed by atoms with Crippen LogP contribution in [0.5, 0.6) is 11.5 Å². The molecule has 0 atom stereocenters. The summed E-state index contributed by atoms with van der Waals surface area (Å²) >= 11 is 0. The molecule has 0 spiro atoms. The molecule has 0 saturated carbocycles. The van der Waals surface area contributed by atoms with Gasteiger partial charge in [0.2, 0.25) is 0 Å². The van der Waals surface area contributed by atoms with Crippen molar-refractivity contribution < 1.29 is 4.74 Å². The van der Waals surface area contributed by atoms with Gasteiger partial charge in [-0.15, -0.1) is 0 Å². The number of aromatic nitrogens is 2. The average molecular weight is 188 g/mol. The van der Waals surface area contributed by atoms with Gasteiger partial charge in [-0.25, -0.2) is 5.10 Å². The molecule has 0 amide bonds. The molecule has 0 bridgehead atoms. The fourth-order valence-electron chi connectivity index (χ4n) is 1.03. The number of aromatic amines is 1. The zero-order chi connectivity index (χ0) is 9.80. The SMILES string of the molecule is O=c1[nH]nccc1Oc1ccccc1. The Bertz CT molecular complexity index is 465. The Labute approximate surface area is 80.2 Å². The largest absolute Gasteiger partial charge is 0.451 e. The highest BCUT2D eigenvalue weighted by Gasteiger charge is 1.99. The van der Waals surface area contributed by atoms with Gasteiger partial charge in [0.1, 0.15) is 5.75 Å². The summed E-state index contributed by atoms with van der Waals surface area (Å²) in [5.74, 6) is 0.871. The van der Waals surface area contributed by atoms with E-state index in [4.69, 9.17) is 4.74 Å². The number of benzene rings is 1. The molecule has 0 saturated heterocycles. The monoisotopic (exact) mass is 188 g/mol. The van der Waals surface area contributed by atoms with Gasteiger partial charge in [0.05, 0.1) is 6.20 Å². The third-order valence-corrected chi connectivity index (χ3v) is 1.66. The Morgan fingerprint density at radius 3 is 2.64 bits per heavy atom. The molecule has 2 aromatic rings. The topological polar surface area (TPSA) is 55.0 Å². The molecule has 4 heteroatoms. The first-order valence-corrected chi connectivity index (χ1v) is 4.13. The number of para-hydroxylation sites is 1. The second-order valence-electron chi connectivity index (χ2n) is 2.67. The van der Waals surface area contributed by atoms with Crippen LogP contribution < -0.4 is 10.3 Å². The predicted molar refractivity (Wildman–Crippen MR) is 51.4 cm³/mol. The fraction of sp³-hybridized carbons (Fsp3) is 0. The van der Waals surface area contributed by atoms with Crippen LogP contribution in [0.15, 0.2) is 47.4 Å². The smallest absolute Gasteiger partial charge is 0.307 e. The van der Waals surface area contributed by atoms with E-state index in [-0.39, 0.29) is 11.3 Å². The summed E-state index contributed by atoms with van der Waals surface area (Å²) in [5.41, 5.74) is -0.337. The van der Waals surface area contributed by atoms with Crippen LogP contribution in [0.1, 0.15) is 0 Å². The molecule has 14 heavy (non-hydrogen) atoms. The van der Waals surface area contributed by atoms with Gasteiger partial charge in [0.25, 0.3) is 0 Å². The first-order valence-electron chi connectivity index (χ1n) is 4.13. The van der Waals surface area contributed by atoms with Crippen LogP contribution in [0.4, 0.5) is 0 Å². The van der Waals surface area contributed by atoms with Gasteiger partial charge in [-0.2, -0.15) is 5.10 Å². The van der Waals surface area contributed by atoms with Crippen LogP contribution in [0.2, 0.25) is 0 Å².